The Labute approximate surface area is 130 Å². The molecule has 2 amide bonds. The van der Waals surface area contributed by atoms with Crippen molar-refractivity contribution in [1.82, 2.24) is 10.2 Å². The Hall–Kier alpha value is -1.63. The summed E-state index contributed by atoms with van der Waals surface area (Å²) in [6, 6.07) is -0.497. The van der Waals surface area contributed by atoms with E-state index in [-0.39, 0.29) is 30.7 Å². The Balaban J connectivity index is 2.01. The minimum Gasteiger partial charge on any atom is -0.481 e. The molecule has 1 saturated heterocycles. The van der Waals surface area contributed by atoms with Gasteiger partial charge in [-0.1, -0.05) is 12.8 Å². The molecule has 124 valence electrons. The summed E-state index contributed by atoms with van der Waals surface area (Å²) < 4.78 is 5.39. The van der Waals surface area contributed by atoms with Gasteiger partial charge in [0.2, 0.25) is 11.8 Å². The summed E-state index contributed by atoms with van der Waals surface area (Å²) in [6.07, 6.45) is 3.46. The Morgan fingerprint density at radius 2 is 2.00 bits per heavy atom. The number of hydrogen-bond donors (Lipinski definition) is 2. The lowest BCUT2D eigenvalue weighted by atomic mass is 9.96. The molecule has 2 aliphatic rings. The number of morpholine rings is 1. The molecule has 0 bridgehead atoms. The second-order valence-corrected chi connectivity index (χ2v) is 6.10. The topological polar surface area (TPSA) is 95.9 Å². The van der Waals surface area contributed by atoms with E-state index in [0.29, 0.717) is 13.2 Å². The molecule has 2 atom stereocenters. The number of amides is 2. The molecule has 0 unspecified atom stereocenters. The number of carboxylic acids is 1. The van der Waals surface area contributed by atoms with Crippen LogP contribution in [0.2, 0.25) is 0 Å². The number of hydrogen-bond acceptors (Lipinski definition) is 4. The van der Waals surface area contributed by atoms with Crippen LogP contribution in [0, 0.1) is 5.92 Å². The van der Waals surface area contributed by atoms with Gasteiger partial charge in [-0.05, 0) is 18.8 Å². The molecular formula is C15H24N2O5. The third-order valence-electron chi connectivity index (χ3n) is 4.35. The monoisotopic (exact) mass is 312 g/mol. The van der Waals surface area contributed by atoms with Crippen LogP contribution in [0.25, 0.3) is 0 Å². The van der Waals surface area contributed by atoms with Crippen LogP contribution >= 0.6 is 0 Å². The van der Waals surface area contributed by atoms with Gasteiger partial charge in [0.05, 0.1) is 19.1 Å². The third kappa shape index (κ3) is 4.43. The van der Waals surface area contributed by atoms with E-state index in [4.69, 9.17) is 9.84 Å². The molecule has 2 fully saturated rings. The predicted molar refractivity (Wildman–Crippen MR) is 78.1 cm³/mol. The SMILES string of the molecule is CC(=O)N[C@@H](C(=O)N1CCO[C@H](CC(=O)O)C1)C1CCCC1. The number of nitrogens with zero attached hydrogens (tertiary/aromatic N) is 1. The number of carboxylic acid groups (broad SMARTS) is 1. The van der Waals surface area contributed by atoms with Crippen molar-refractivity contribution in [2.45, 2.75) is 51.2 Å². The minimum absolute atomic E-state index is 0.110. The van der Waals surface area contributed by atoms with Crippen molar-refractivity contribution >= 4 is 17.8 Å². The first-order valence-electron chi connectivity index (χ1n) is 7.86. The summed E-state index contributed by atoms with van der Waals surface area (Å²) in [5.74, 6) is -1.08. The average molecular weight is 312 g/mol. The smallest absolute Gasteiger partial charge is 0.306 e. The molecule has 22 heavy (non-hydrogen) atoms. The zero-order chi connectivity index (χ0) is 16.1. The van der Waals surface area contributed by atoms with Crippen molar-refractivity contribution in [1.29, 1.82) is 0 Å². The van der Waals surface area contributed by atoms with Crippen molar-refractivity contribution in [2.75, 3.05) is 19.7 Å². The molecule has 7 heteroatoms. The molecule has 2 rings (SSSR count). The van der Waals surface area contributed by atoms with Crippen LogP contribution in [0.15, 0.2) is 0 Å². The van der Waals surface area contributed by atoms with Gasteiger partial charge < -0.3 is 20.1 Å². The molecule has 0 aromatic carbocycles. The minimum atomic E-state index is -0.937. The van der Waals surface area contributed by atoms with Gasteiger partial charge in [0, 0.05) is 20.0 Å². The molecule has 2 N–H and O–H groups in total. The number of nitrogens with one attached hydrogen (secondary N) is 1. The van der Waals surface area contributed by atoms with Crippen LogP contribution in [0.4, 0.5) is 0 Å². The molecule has 0 aromatic rings. The number of aliphatic carboxylic acids is 1. The van der Waals surface area contributed by atoms with Crippen molar-refractivity contribution < 1.29 is 24.2 Å². The van der Waals surface area contributed by atoms with Gasteiger partial charge in [-0.3, -0.25) is 14.4 Å². The van der Waals surface area contributed by atoms with E-state index in [1.165, 1.54) is 6.92 Å². The maximum atomic E-state index is 12.8. The van der Waals surface area contributed by atoms with E-state index in [1.807, 2.05) is 0 Å². The molecule has 0 spiro atoms. The van der Waals surface area contributed by atoms with Crippen LogP contribution < -0.4 is 5.32 Å². The van der Waals surface area contributed by atoms with Gasteiger partial charge in [0.15, 0.2) is 0 Å². The highest BCUT2D eigenvalue weighted by atomic mass is 16.5. The van der Waals surface area contributed by atoms with Gasteiger partial charge in [-0.15, -0.1) is 0 Å². The standard InChI is InChI=1S/C15H24N2O5/c1-10(18)16-14(11-4-2-3-5-11)15(21)17-6-7-22-12(9-17)8-13(19)20/h11-12,14H,2-9H2,1H3,(H,16,18)(H,19,20)/t12-,14-/m1/s1. The molecule has 1 aliphatic carbocycles. The lowest BCUT2D eigenvalue weighted by Gasteiger charge is -2.36. The van der Waals surface area contributed by atoms with Crippen LogP contribution in [0.1, 0.15) is 39.0 Å². The fraction of sp³-hybridized carbons (Fsp3) is 0.800. The first kappa shape index (κ1) is 16.7. The number of rotatable bonds is 5. The maximum absolute atomic E-state index is 12.8. The van der Waals surface area contributed by atoms with Crippen LogP contribution in [0.3, 0.4) is 0 Å². The second-order valence-electron chi connectivity index (χ2n) is 6.10. The van der Waals surface area contributed by atoms with E-state index in [0.717, 1.165) is 25.7 Å². The van der Waals surface area contributed by atoms with Crippen LogP contribution in [-0.2, 0) is 19.1 Å². The molecule has 1 heterocycles. The largest absolute Gasteiger partial charge is 0.481 e. The van der Waals surface area contributed by atoms with Crippen LogP contribution in [0.5, 0.6) is 0 Å². The second kappa shape index (κ2) is 7.58. The summed E-state index contributed by atoms with van der Waals surface area (Å²) in [4.78, 5) is 36.6. The van der Waals surface area contributed by atoms with Gasteiger partial charge >= 0.3 is 5.97 Å². The van der Waals surface area contributed by atoms with Gasteiger partial charge in [0.25, 0.3) is 0 Å². The summed E-state index contributed by atoms with van der Waals surface area (Å²) in [7, 11) is 0. The highest BCUT2D eigenvalue weighted by Gasteiger charge is 2.36. The van der Waals surface area contributed by atoms with Crippen molar-refractivity contribution in [2.24, 2.45) is 5.92 Å². The van der Waals surface area contributed by atoms with Gasteiger partial charge in [-0.2, -0.15) is 0 Å². The zero-order valence-corrected chi connectivity index (χ0v) is 12.9. The van der Waals surface area contributed by atoms with Crippen LogP contribution in [-0.4, -0.2) is 59.6 Å². The molecule has 0 aromatic heterocycles. The molecule has 1 aliphatic heterocycles. The van der Waals surface area contributed by atoms with E-state index < -0.39 is 18.1 Å². The zero-order valence-electron chi connectivity index (χ0n) is 12.9. The van der Waals surface area contributed by atoms with Crippen molar-refractivity contribution in [3.63, 3.8) is 0 Å². The third-order valence-corrected chi connectivity index (χ3v) is 4.35. The summed E-state index contributed by atoms with van der Waals surface area (Å²) in [5, 5.41) is 11.6. The normalized spacial score (nSPS) is 24.0. The molecule has 7 nitrogen and oxygen atoms in total. The maximum Gasteiger partial charge on any atom is 0.306 e. The lowest BCUT2D eigenvalue weighted by Crippen LogP contribution is -2.55. The Kier molecular flexibility index (Phi) is 5.76. The predicted octanol–water partition coefficient (Wildman–Crippen LogP) is 0.383. The number of ether oxygens (including phenoxy) is 1. The van der Waals surface area contributed by atoms with E-state index in [2.05, 4.69) is 5.32 Å². The first-order valence-corrected chi connectivity index (χ1v) is 7.86. The van der Waals surface area contributed by atoms with Crippen molar-refractivity contribution in [3.05, 3.63) is 0 Å². The Morgan fingerprint density at radius 1 is 1.32 bits per heavy atom. The summed E-state index contributed by atoms with van der Waals surface area (Å²) in [6.45, 7) is 2.47. The Morgan fingerprint density at radius 3 is 2.59 bits per heavy atom. The van der Waals surface area contributed by atoms with Crippen molar-refractivity contribution in [3.8, 4) is 0 Å². The summed E-state index contributed by atoms with van der Waals surface area (Å²) >= 11 is 0. The highest BCUT2D eigenvalue weighted by Crippen LogP contribution is 2.29. The fourth-order valence-corrected chi connectivity index (χ4v) is 3.33. The van der Waals surface area contributed by atoms with E-state index in [9.17, 15) is 14.4 Å². The van der Waals surface area contributed by atoms with E-state index >= 15 is 0 Å². The fourth-order valence-electron chi connectivity index (χ4n) is 3.33. The first-order chi connectivity index (χ1) is 10.5. The van der Waals surface area contributed by atoms with Gasteiger partial charge in [-0.25, -0.2) is 0 Å². The van der Waals surface area contributed by atoms with E-state index in [1.54, 1.807) is 4.90 Å². The van der Waals surface area contributed by atoms with Gasteiger partial charge in [0.1, 0.15) is 6.04 Å². The summed E-state index contributed by atoms with van der Waals surface area (Å²) in [5.41, 5.74) is 0. The highest BCUT2D eigenvalue weighted by molar-refractivity contribution is 5.87. The number of carbonyl (C=O) groups is 3. The molecule has 0 radical (unpaired) electrons. The molecule has 1 saturated carbocycles. The average Bonchev–Trinajstić information content (AvgIpc) is 2.97. The lowest BCUT2D eigenvalue weighted by molar-refractivity contribution is -0.150. The Bertz CT molecular complexity index is 434. The number of carbonyl (C=O) groups excluding carboxylic acids is 2. The molecular weight excluding hydrogens is 288 g/mol. The quantitative estimate of drug-likeness (QED) is 0.765.